The van der Waals surface area contributed by atoms with Crippen LogP contribution in [-0.4, -0.2) is 0 Å². The summed E-state index contributed by atoms with van der Waals surface area (Å²) in [6, 6.07) is 11.4. The largest absolute Gasteiger partial charge is 0.0654 e. The van der Waals surface area contributed by atoms with Crippen molar-refractivity contribution in [2.75, 3.05) is 0 Å². The third-order valence-corrected chi connectivity index (χ3v) is 7.08. The van der Waals surface area contributed by atoms with E-state index in [1.807, 2.05) is 0 Å². The number of benzene rings is 1. The molecule has 0 amide bonds. The van der Waals surface area contributed by atoms with E-state index in [9.17, 15) is 0 Å². The molecule has 0 aliphatic carbocycles. The van der Waals surface area contributed by atoms with Gasteiger partial charge in [-0.15, -0.1) is 0 Å². The highest BCUT2D eigenvalue weighted by Gasteiger charge is 2.10. The monoisotopic (exact) mass is 428 g/mol. The molecule has 1 aromatic rings. The zero-order chi connectivity index (χ0) is 22.2. The highest BCUT2D eigenvalue weighted by Crippen LogP contribution is 2.28. The Morgan fingerprint density at radius 2 is 0.742 bits per heavy atom. The Hall–Kier alpha value is -0.780. The molecule has 0 heterocycles. The topological polar surface area (TPSA) is 0 Å². The van der Waals surface area contributed by atoms with Gasteiger partial charge in [0.15, 0.2) is 0 Å². The summed E-state index contributed by atoms with van der Waals surface area (Å²) in [7, 11) is 0. The van der Waals surface area contributed by atoms with E-state index in [-0.39, 0.29) is 0 Å². The Balaban J connectivity index is 2.10. The molecule has 0 saturated carbocycles. The van der Waals surface area contributed by atoms with Gasteiger partial charge in [-0.1, -0.05) is 173 Å². The third-order valence-electron chi connectivity index (χ3n) is 7.08. The van der Waals surface area contributed by atoms with Crippen LogP contribution in [0.2, 0.25) is 0 Å². The summed E-state index contributed by atoms with van der Waals surface area (Å²) < 4.78 is 0. The van der Waals surface area contributed by atoms with Crippen LogP contribution in [0.3, 0.4) is 0 Å². The van der Waals surface area contributed by atoms with Crippen LogP contribution >= 0.6 is 0 Å². The van der Waals surface area contributed by atoms with E-state index in [1.165, 1.54) is 141 Å². The molecule has 0 heteroatoms. The highest BCUT2D eigenvalue weighted by molar-refractivity contribution is 5.19. The van der Waals surface area contributed by atoms with Crippen LogP contribution in [0.5, 0.6) is 0 Å². The maximum absolute atomic E-state index is 2.37. The lowest BCUT2D eigenvalue weighted by molar-refractivity contribution is 0.481. The number of unbranched alkanes of at least 4 members (excludes halogenated alkanes) is 18. The van der Waals surface area contributed by atoms with Crippen LogP contribution in [0, 0.1) is 0 Å². The molecule has 0 unspecified atom stereocenters. The number of rotatable bonds is 23. The zero-order valence-corrected chi connectivity index (χ0v) is 21.5. The van der Waals surface area contributed by atoms with E-state index >= 15 is 0 Å². The average Bonchev–Trinajstić information content (AvgIpc) is 2.80. The summed E-state index contributed by atoms with van der Waals surface area (Å²) in [5.74, 6) is 0.796. The summed E-state index contributed by atoms with van der Waals surface area (Å²) in [6.45, 7) is 4.61. The van der Waals surface area contributed by atoms with Gasteiger partial charge < -0.3 is 0 Å². The van der Waals surface area contributed by atoms with Crippen LogP contribution < -0.4 is 0 Å². The molecule has 0 fully saturated rings. The third kappa shape index (κ3) is 17.5. The van der Waals surface area contributed by atoms with Crippen molar-refractivity contribution < 1.29 is 0 Å². The number of hydrogen-bond acceptors (Lipinski definition) is 0. The quantitative estimate of drug-likeness (QED) is 0.152. The van der Waals surface area contributed by atoms with Crippen LogP contribution in [0.4, 0.5) is 0 Å². The standard InChI is InChI=1S/C31H56/c1-3-5-7-9-11-13-15-17-19-22-26-30(31-28-24-21-25-29-31)27-23-20-18-16-14-12-10-8-6-4-2/h21,24-25,28-30H,3-20,22-23,26-27H2,1-2H3. The smallest absolute Gasteiger partial charge is 0.0162 e. The molecule has 0 aliphatic heterocycles. The minimum Gasteiger partial charge on any atom is -0.0654 e. The molecule has 0 N–H and O–H groups in total. The second kappa shape index (κ2) is 22.4. The maximum atomic E-state index is 2.37. The normalized spacial score (nSPS) is 11.5. The Kier molecular flexibility index (Phi) is 20.4. The van der Waals surface area contributed by atoms with Gasteiger partial charge in [-0.3, -0.25) is 0 Å². The summed E-state index contributed by atoms with van der Waals surface area (Å²) in [5, 5.41) is 0. The van der Waals surface area contributed by atoms with Crippen molar-refractivity contribution in [1.29, 1.82) is 0 Å². The molecule has 0 radical (unpaired) electrons. The molecule has 0 nitrogen and oxygen atoms in total. The van der Waals surface area contributed by atoms with E-state index in [2.05, 4.69) is 44.2 Å². The summed E-state index contributed by atoms with van der Waals surface area (Å²) in [4.78, 5) is 0. The lowest BCUT2D eigenvalue weighted by Gasteiger charge is -2.17. The lowest BCUT2D eigenvalue weighted by Crippen LogP contribution is -1.99. The molecule has 1 aromatic carbocycles. The first-order valence-electron chi connectivity index (χ1n) is 14.4. The Morgan fingerprint density at radius 1 is 0.419 bits per heavy atom. The van der Waals surface area contributed by atoms with Gasteiger partial charge in [0.2, 0.25) is 0 Å². The van der Waals surface area contributed by atoms with Crippen molar-refractivity contribution >= 4 is 0 Å². The molecule has 0 aromatic heterocycles. The van der Waals surface area contributed by atoms with Gasteiger partial charge in [-0.25, -0.2) is 0 Å². The minimum absolute atomic E-state index is 0.796. The van der Waals surface area contributed by atoms with Crippen LogP contribution in [0.15, 0.2) is 30.3 Å². The van der Waals surface area contributed by atoms with E-state index in [0.717, 1.165) is 5.92 Å². The van der Waals surface area contributed by atoms with Crippen LogP contribution in [-0.2, 0) is 0 Å². The van der Waals surface area contributed by atoms with Crippen molar-refractivity contribution in [3.05, 3.63) is 35.9 Å². The molecule has 0 spiro atoms. The van der Waals surface area contributed by atoms with Gasteiger partial charge >= 0.3 is 0 Å². The van der Waals surface area contributed by atoms with E-state index in [1.54, 1.807) is 5.56 Å². The van der Waals surface area contributed by atoms with Gasteiger partial charge in [0.1, 0.15) is 0 Å². The van der Waals surface area contributed by atoms with E-state index in [0.29, 0.717) is 0 Å². The van der Waals surface area contributed by atoms with Crippen LogP contribution in [0.25, 0.3) is 0 Å². The second-order valence-corrected chi connectivity index (χ2v) is 10.0. The van der Waals surface area contributed by atoms with Crippen LogP contribution in [0.1, 0.15) is 167 Å². The molecule has 0 bridgehead atoms. The van der Waals surface area contributed by atoms with Crippen molar-refractivity contribution in [3.8, 4) is 0 Å². The Labute approximate surface area is 197 Å². The molecule has 0 aliphatic rings. The average molecular weight is 429 g/mol. The summed E-state index contributed by atoms with van der Waals surface area (Å²) in [5.41, 5.74) is 1.59. The molecule has 31 heavy (non-hydrogen) atoms. The van der Waals surface area contributed by atoms with Crippen molar-refractivity contribution in [2.24, 2.45) is 0 Å². The number of hydrogen-bond donors (Lipinski definition) is 0. The molecular formula is C31H56. The first kappa shape index (κ1) is 28.3. The molecular weight excluding hydrogens is 372 g/mol. The Bertz CT molecular complexity index is 424. The highest BCUT2D eigenvalue weighted by atomic mass is 14.2. The van der Waals surface area contributed by atoms with Crippen molar-refractivity contribution in [1.82, 2.24) is 0 Å². The SMILES string of the molecule is CCCCCCCCCCCCC(CCCCCCCCCCCC)c1ccccc1. The fourth-order valence-electron chi connectivity index (χ4n) is 4.96. The van der Waals surface area contributed by atoms with Gasteiger partial charge in [0.25, 0.3) is 0 Å². The lowest BCUT2D eigenvalue weighted by atomic mass is 9.88. The molecule has 0 atom stereocenters. The summed E-state index contributed by atoms with van der Waals surface area (Å²) >= 11 is 0. The van der Waals surface area contributed by atoms with Gasteiger partial charge in [0, 0.05) is 0 Å². The maximum Gasteiger partial charge on any atom is -0.0162 e. The van der Waals surface area contributed by atoms with Crippen molar-refractivity contribution in [2.45, 2.75) is 161 Å². The minimum atomic E-state index is 0.796. The molecule has 0 saturated heterocycles. The Morgan fingerprint density at radius 3 is 1.10 bits per heavy atom. The predicted molar refractivity (Wildman–Crippen MR) is 142 cm³/mol. The van der Waals surface area contributed by atoms with Gasteiger partial charge in [-0.05, 0) is 24.3 Å². The molecule has 1 rings (SSSR count). The zero-order valence-electron chi connectivity index (χ0n) is 21.5. The first-order chi connectivity index (χ1) is 15.4. The fourth-order valence-corrected chi connectivity index (χ4v) is 4.96. The van der Waals surface area contributed by atoms with E-state index < -0.39 is 0 Å². The fraction of sp³-hybridized carbons (Fsp3) is 0.806. The van der Waals surface area contributed by atoms with Crippen molar-refractivity contribution in [3.63, 3.8) is 0 Å². The van der Waals surface area contributed by atoms with Gasteiger partial charge in [0.05, 0.1) is 0 Å². The predicted octanol–water partition coefficient (Wildman–Crippen LogP) is 11.4. The summed E-state index contributed by atoms with van der Waals surface area (Å²) in [6.07, 6.45) is 31.6. The van der Waals surface area contributed by atoms with Gasteiger partial charge in [-0.2, -0.15) is 0 Å². The molecule has 180 valence electrons. The van der Waals surface area contributed by atoms with E-state index in [4.69, 9.17) is 0 Å². The second-order valence-electron chi connectivity index (χ2n) is 10.0. The first-order valence-corrected chi connectivity index (χ1v) is 14.4.